The molecule has 0 spiro atoms. The van der Waals surface area contributed by atoms with Crippen LogP contribution in [0.2, 0.25) is 0 Å². The molecule has 0 amide bonds. The summed E-state index contributed by atoms with van der Waals surface area (Å²) in [5, 5.41) is 8.53. The first-order chi connectivity index (χ1) is 6.40. The number of nitrogens with one attached hydrogen (secondary N) is 1. The molecule has 1 aliphatic heterocycles. The van der Waals surface area contributed by atoms with Gasteiger partial charge in [-0.2, -0.15) is 0 Å². The third kappa shape index (κ3) is 1.97. The molecule has 1 aliphatic rings. The molecule has 2 heterocycles. The van der Waals surface area contributed by atoms with E-state index in [1.807, 2.05) is 0 Å². The molecule has 0 saturated carbocycles. The standard InChI is InChI=1S/C8H14N4S/c1-2-9-8-7(10-11-13-8)6-12-4-3-5-12/h9H,2-6H2,1H3. The largest absolute Gasteiger partial charge is 0.374 e. The number of nitrogens with zero attached hydrogens (tertiary/aromatic N) is 3. The molecule has 4 nitrogen and oxygen atoms in total. The fraction of sp³-hybridized carbons (Fsp3) is 0.750. The highest BCUT2D eigenvalue weighted by Gasteiger charge is 2.17. The second kappa shape index (κ2) is 4.02. The predicted octanol–water partition coefficient (Wildman–Crippen LogP) is 1.18. The molecule has 0 unspecified atom stereocenters. The van der Waals surface area contributed by atoms with E-state index in [4.69, 9.17) is 0 Å². The van der Waals surface area contributed by atoms with Crippen molar-refractivity contribution < 1.29 is 0 Å². The molecule has 72 valence electrons. The van der Waals surface area contributed by atoms with Gasteiger partial charge in [0.05, 0.1) is 0 Å². The Morgan fingerprint density at radius 3 is 3.00 bits per heavy atom. The minimum absolute atomic E-state index is 0.941. The highest BCUT2D eigenvalue weighted by atomic mass is 32.1. The fourth-order valence-corrected chi connectivity index (χ4v) is 2.00. The van der Waals surface area contributed by atoms with Crippen LogP contribution in [0.1, 0.15) is 19.0 Å². The van der Waals surface area contributed by atoms with Crippen LogP contribution in [0.25, 0.3) is 0 Å². The summed E-state index contributed by atoms with van der Waals surface area (Å²) in [6.07, 6.45) is 1.33. The number of hydrogen-bond donors (Lipinski definition) is 1. The smallest absolute Gasteiger partial charge is 0.134 e. The van der Waals surface area contributed by atoms with E-state index >= 15 is 0 Å². The quantitative estimate of drug-likeness (QED) is 0.788. The van der Waals surface area contributed by atoms with E-state index in [0.29, 0.717) is 0 Å². The molecule has 1 saturated heterocycles. The molecule has 1 aromatic rings. The Kier molecular flexibility index (Phi) is 2.75. The molecule has 0 aliphatic carbocycles. The summed E-state index contributed by atoms with van der Waals surface area (Å²) in [6, 6.07) is 0. The van der Waals surface area contributed by atoms with Crippen LogP contribution in [-0.2, 0) is 6.54 Å². The van der Waals surface area contributed by atoms with Crippen LogP contribution in [0, 0.1) is 0 Å². The van der Waals surface area contributed by atoms with Crippen LogP contribution in [0.5, 0.6) is 0 Å². The number of rotatable bonds is 4. The zero-order valence-corrected chi connectivity index (χ0v) is 8.60. The van der Waals surface area contributed by atoms with Gasteiger partial charge in [-0.15, -0.1) is 5.10 Å². The molecule has 0 atom stereocenters. The van der Waals surface area contributed by atoms with Gasteiger partial charge in [0.2, 0.25) is 0 Å². The maximum atomic E-state index is 4.12. The van der Waals surface area contributed by atoms with E-state index in [2.05, 4.69) is 26.7 Å². The van der Waals surface area contributed by atoms with Crippen molar-refractivity contribution in [1.82, 2.24) is 14.5 Å². The number of likely N-dealkylation sites (tertiary alicyclic amines) is 1. The highest BCUT2D eigenvalue weighted by molar-refractivity contribution is 7.10. The first kappa shape index (κ1) is 8.90. The van der Waals surface area contributed by atoms with Crippen molar-refractivity contribution in [2.24, 2.45) is 0 Å². The first-order valence-corrected chi connectivity index (χ1v) is 5.45. The van der Waals surface area contributed by atoms with Crippen LogP contribution in [0.15, 0.2) is 0 Å². The van der Waals surface area contributed by atoms with Gasteiger partial charge in [-0.3, -0.25) is 4.90 Å². The Morgan fingerprint density at radius 2 is 2.38 bits per heavy atom. The third-order valence-corrected chi connectivity index (χ3v) is 2.94. The average Bonchev–Trinajstić information content (AvgIpc) is 2.46. The second-order valence-electron chi connectivity index (χ2n) is 3.21. The van der Waals surface area contributed by atoms with Crippen molar-refractivity contribution in [3.63, 3.8) is 0 Å². The summed E-state index contributed by atoms with van der Waals surface area (Å²) >= 11 is 1.45. The van der Waals surface area contributed by atoms with E-state index in [-0.39, 0.29) is 0 Å². The Hall–Kier alpha value is -0.680. The van der Waals surface area contributed by atoms with Crippen molar-refractivity contribution in [1.29, 1.82) is 0 Å². The predicted molar refractivity (Wildman–Crippen MR) is 54.0 cm³/mol. The number of aromatic nitrogens is 2. The van der Waals surface area contributed by atoms with E-state index in [1.54, 1.807) is 0 Å². The molecular formula is C8H14N4S. The van der Waals surface area contributed by atoms with Gasteiger partial charge in [0.1, 0.15) is 10.7 Å². The zero-order chi connectivity index (χ0) is 9.10. The molecule has 2 rings (SSSR count). The lowest BCUT2D eigenvalue weighted by Gasteiger charge is -2.29. The molecular weight excluding hydrogens is 184 g/mol. The van der Waals surface area contributed by atoms with Crippen LogP contribution in [0.3, 0.4) is 0 Å². The Labute approximate surface area is 82.1 Å². The maximum Gasteiger partial charge on any atom is 0.134 e. The number of hydrogen-bond acceptors (Lipinski definition) is 5. The van der Waals surface area contributed by atoms with Crippen LogP contribution in [-0.4, -0.2) is 34.1 Å². The molecule has 0 radical (unpaired) electrons. The minimum Gasteiger partial charge on any atom is -0.374 e. The summed E-state index contributed by atoms with van der Waals surface area (Å²) in [4.78, 5) is 2.39. The zero-order valence-electron chi connectivity index (χ0n) is 7.79. The van der Waals surface area contributed by atoms with Gasteiger partial charge < -0.3 is 5.32 Å². The minimum atomic E-state index is 0.941. The summed E-state index contributed by atoms with van der Waals surface area (Å²) in [6.45, 7) is 6.41. The van der Waals surface area contributed by atoms with Crippen molar-refractivity contribution in [2.75, 3.05) is 25.0 Å². The molecule has 13 heavy (non-hydrogen) atoms. The first-order valence-electron chi connectivity index (χ1n) is 4.67. The summed E-state index contributed by atoms with van der Waals surface area (Å²) in [5.41, 5.74) is 1.10. The van der Waals surface area contributed by atoms with Gasteiger partial charge in [0.25, 0.3) is 0 Å². The Balaban J connectivity index is 1.96. The summed E-state index contributed by atoms with van der Waals surface area (Å²) < 4.78 is 3.95. The Bertz CT molecular complexity index is 269. The second-order valence-corrected chi connectivity index (χ2v) is 3.96. The van der Waals surface area contributed by atoms with Crippen molar-refractivity contribution in [3.8, 4) is 0 Å². The monoisotopic (exact) mass is 198 g/mol. The van der Waals surface area contributed by atoms with E-state index < -0.39 is 0 Å². The van der Waals surface area contributed by atoms with Crippen molar-refractivity contribution in [2.45, 2.75) is 19.9 Å². The van der Waals surface area contributed by atoms with E-state index in [1.165, 1.54) is 31.0 Å². The van der Waals surface area contributed by atoms with Crippen molar-refractivity contribution >= 4 is 16.5 Å². The van der Waals surface area contributed by atoms with Gasteiger partial charge in [-0.25, -0.2) is 0 Å². The molecule has 1 aromatic heterocycles. The summed E-state index contributed by atoms with van der Waals surface area (Å²) in [7, 11) is 0. The van der Waals surface area contributed by atoms with Gasteiger partial charge in [-0.1, -0.05) is 4.49 Å². The average molecular weight is 198 g/mol. The molecule has 1 fully saturated rings. The lowest BCUT2D eigenvalue weighted by atomic mass is 10.2. The maximum absolute atomic E-state index is 4.12. The summed E-state index contributed by atoms with van der Waals surface area (Å²) in [5.74, 6) is 0. The van der Waals surface area contributed by atoms with Gasteiger partial charge in [0.15, 0.2) is 0 Å². The van der Waals surface area contributed by atoms with Crippen LogP contribution >= 0.6 is 11.5 Å². The molecule has 1 N–H and O–H groups in total. The molecule has 5 heteroatoms. The fourth-order valence-electron chi connectivity index (χ4n) is 1.36. The normalized spacial score (nSPS) is 17.0. The SMILES string of the molecule is CCNc1snnc1CN1CCC1. The van der Waals surface area contributed by atoms with Crippen LogP contribution < -0.4 is 5.32 Å². The molecule has 0 aromatic carbocycles. The van der Waals surface area contributed by atoms with Crippen LogP contribution in [0.4, 0.5) is 5.00 Å². The lowest BCUT2D eigenvalue weighted by Crippen LogP contribution is -2.36. The Morgan fingerprint density at radius 1 is 1.54 bits per heavy atom. The number of anilines is 1. The third-order valence-electron chi connectivity index (χ3n) is 2.22. The highest BCUT2D eigenvalue weighted by Crippen LogP contribution is 2.20. The topological polar surface area (TPSA) is 41.1 Å². The lowest BCUT2D eigenvalue weighted by molar-refractivity contribution is 0.170. The van der Waals surface area contributed by atoms with Gasteiger partial charge in [-0.05, 0) is 26.4 Å². The van der Waals surface area contributed by atoms with Gasteiger partial charge in [0, 0.05) is 24.6 Å². The molecule has 0 bridgehead atoms. The van der Waals surface area contributed by atoms with E-state index in [0.717, 1.165) is 23.8 Å². The van der Waals surface area contributed by atoms with Gasteiger partial charge >= 0.3 is 0 Å². The van der Waals surface area contributed by atoms with Crippen molar-refractivity contribution in [3.05, 3.63) is 5.69 Å². The van der Waals surface area contributed by atoms with E-state index in [9.17, 15) is 0 Å².